The molecule has 3 heterocycles. The number of pyridine rings is 1. The van der Waals surface area contributed by atoms with Crippen molar-refractivity contribution in [3.63, 3.8) is 0 Å². The lowest BCUT2D eigenvalue weighted by Gasteiger charge is -2.17. The fourth-order valence-electron chi connectivity index (χ4n) is 3.33. The van der Waals surface area contributed by atoms with E-state index in [1.54, 1.807) is 23.7 Å². The molecule has 2 N–H and O–H groups in total. The summed E-state index contributed by atoms with van der Waals surface area (Å²) >= 11 is 1.63. The second-order valence-electron chi connectivity index (χ2n) is 6.81. The van der Waals surface area contributed by atoms with Crippen LogP contribution < -0.4 is 10.5 Å². The molecule has 5 nitrogen and oxygen atoms in total. The molecule has 0 fully saturated rings. The molecule has 1 aromatic carbocycles. The van der Waals surface area contributed by atoms with E-state index in [0.717, 1.165) is 49.4 Å². The minimum atomic E-state index is 0.540. The van der Waals surface area contributed by atoms with Crippen LogP contribution in [0.15, 0.2) is 54.9 Å². The second kappa shape index (κ2) is 8.99. The predicted molar refractivity (Wildman–Crippen MR) is 114 cm³/mol. The maximum Gasteiger partial charge on any atom is 0.180 e. The van der Waals surface area contributed by atoms with Crippen molar-refractivity contribution < 1.29 is 4.74 Å². The zero-order valence-corrected chi connectivity index (χ0v) is 16.6. The molecule has 0 aliphatic carbocycles. The molecule has 1 aliphatic heterocycles. The topological polar surface area (TPSA) is 64.3 Å². The number of aromatic nitrogens is 2. The van der Waals surface area contributed by atoms with Crippen molar-refractivity contribution in [2.45, 2.75) is 19.4 Å². The molecule has 0 spiro atoms. The van der Waals surface area contributed by atoms with E-state index in [1.165, 1.54) is 10.6 Å². The number of benzene rings is 1. The molecule has 0 saturated heterocycles. The summed E-state index contributed by atoms with van der Waals surface area (Å²) in [6.45, 7) is 3.51. The zero-order chi connectivity index (χ0) is 19.2. The van der Waals surface area contributed by atoms with Gasteiger partial charge in [-0.05, 0) is 30.2 Å². The van der Waals surface area contributed by atoms with E-state index >= 15 is 0 Å². The average molecular weight is 393 g/mol. The van der Waals surface area contributed by atoms with Crippen LogP contribution in [0.5, 0.6) is 5.75 Å². The zero-order valence-electron chi connectivity index (χ0n) is 15.8. The first-order valence-corrected chi connectivity index (χ1v) is 10.3. The number of nitrogens with two attached hydrogens (primary N) is 1. The molecule has 0 bridgehead atoms. The van der Waals surface area contributed by atoms with Gasteiger partial charge in [0.2, 0.25) is 0 Å². The Bertz CT molecular complexity index is 913. The largest absolute Gasteiger partial charge is 0.488 e. The highest BCUT2D eigenvalue weighted by Crippen LogP contribution is 2.24. The molecule has 144 valence electrons. The molecule has 6 heteroatoms. The fraction of sp³-hybridized carbons (Fsp3) is 0.273. The van der Waals surface area contributed by atoms with Crippen LogP contribution >= 0.6 is 11.3 Å². The highest BCUT2D eigenvalue weighted by Gasteiger charge is 2.16. The number of fused-ring (bicyclic) bond motifs is 1. The third kappa shape index (κ3) is 4.77. The lowest BCUT2D eigenvalue weighted by Crippen LogP contribution is -2.26. The number of hydrogen-bond donors (Lipinski definition) is 1. The standard InChI is InChI=1S/C22H24N4OS/c23-22-25-19-9-14-26(15-10-21(19)28-22)13-3-5-18-4-1-2-6-20(18)27-16-17-7-11-24-12-8-17/h1-8,11-12H,9-10,13-16H2,(H2,23,25). The lowest BCUT2D eigenvalue weighted by molar-refractivity contribution is 0.305. The molecule has 2 aromatic heterocycles. The molecule has 4 rings (SSSR count). The van der Waals surface area contributed by atoms with Crippen molar-refractivity contribution in [2.75, 3.05) is 25.4 Å². The normalized spacial score (nSPS) is 14.7. The molecule has 1 aliphatic rings. The number of thiazole rings is 1. The molecule has 0 atom stereocenters. The van der Waals surface area contributed by atoms with Crippen LogP contribution in [0.25, 0.3) is 6.08 Å². The Hall–Kier alpha value is -2.70. The number of anilines is 1. The molecule has 0 amide bonds. The third-order valence-corrected chi connectivity index (χ3v) is 5.83. The van der Waals surface area contributed by atoms with Crippen LogP contribution in [0.2, 0.25) is 0 Å². The van der Waals surface area contributed by atoms with Crippen molar-refractivity contribution >= 4 is 22.5 Å². The Kier molecular flexibility index (Phi) is 5.99. The number of nitrogen functional groups attached to an aromatic ring is 1. The smallest absolute Gasteiger partial charge is 0.180 e. The molecular weight excluding hydrogens is 368 g/mol. The summed E-state index contributed by atoms with van der Waals surface area (Å²) in [4.78, 5) is 12.3. The fourth-order valence-corrected chi connectivity index (χ4v) is 4.20. The van der Waals surface area contributed by atoms with Crippen LogP contribution in [0.1, 0.15) is 21.7 Å². The van der Waals surface area contributed by atoms with Gasteiger partial charge < -0.3 is 10.5 Å². The summed E-state index contributed by atoms with van der Waals surface area (Å²) in [6.07, 6.45) is 9.95. The first-order valence-electron chi connectivity index (χ1n) is 9.51. The van der Waals surface area contributed by atoms with Crippen LogP contribution in [0.4, 0.5) is 5.13 Å². The maximum atomic E-state index is 6.02. The van der Waals surface area contributed by atoms with Crippen molar-refractivity contribution in [2.24, 2.45) is 0 Å². The van der Waals surface area contributed by atoms with Gasteiger partial charge in [0.15, 0.2) is 5.13 Å². The highest BCUT2D eigenvalue weighted by molar-refractivity contribution is 7.15. The summed E-state index contributed by atoms with van der Waals surface area (Å²) in [7, 11) is 0. The Balaban J connectivity index is 1.34. The van der Waals surface area contributed by atoms with E-state index in [-0.39, 0.29) is 0 Å². The highest BCUT2D eigenvalue weighted by atomic mass is 32.1. The van der Waals surface area contributed by atoms with E-state index in [4.69, 9.17) is 10.5 Å². The maximum absolute atomic E-state index is 6.02. The average Bonchev–Trinajstić information content (AvgIpc) is 2.98. The number of rotatable bonds is 6. The predicted octanol–water partition coefficient (Wildman–Crippen LogP) is 3.81. The van der Waals surface area contributed by atoms with E-state index in [9.17, 15) is 0 Å². The summed E-state index contributed by atoms with van der Waals surface area (Å²) in [6, 6.07) is 12.1. The van der Waals surface area contributed by atoms with E-state index in [1.807, 2.05) is 30.3 Å². The number of nitrogens with zero attached hydrogens (tertiary/aromatic N) is 3. The molecule has 0 unspecified atom stereocenters. The van der Waals surface area contributed by atoms with Gasteiger partial charge in [-0.25, -0.2) is 4.98 Å². The SMILES string of the molecule is Nc1nc2c(s1)CCN(CC=Cc1ccccc1OCc1ccncc1)CC2. The van der Waals surface area contributed by atoms with Gasteiger partial charge in [0, 0.05) is 48.9 Å². The monoisotopic (exact) mass is 392 g/mol. The Labute approximate surface area is 169 Å². The molecular formula is C22H24N4OS. The molecule has 3 aromatic rings. The van der Waals surface area contributed by atoms with Crippen LogP contribution in [0, 0.1) is 0 Å². The van der Waals surface area contributed by atoms with Crippen LogP contribution in [-0.4, -0.2) is 34.5 Å². The summed E-state index contributed by atoms with van der Waals surface area (Å²) in [5.41, 5.74) is 9.22. The quantitative estimate of drug-likeness (QED) is 0.691. The summed E-state index contributed by atoms with van der Waals surface area (Å²) in [5, 5.41) is 0.696. The van der Waals surface area contributed by atoms with E-state index < -0.39 is 0 Å². The number of hydrogen-bond acceptors (Lipinski definition) is 6. The van der Waals surface area contributed by atoms with Gasteiger partial charge in [-0.15, -0.1) is 11.3 Å². The molecule has 0 radical (unpaired) electrons. The van der Waals surface area contributed by atoms with Gasteiger partial charge in [0.1, 0.15) is 12.4 Å². The third-order valence-electron chi connectivity index (χ3n) is 4.84. The van der Waals surface area contributed by atoms with Gasteiger partial charge >= 0.3 is 0 Å². The van der Waals surface area contributed by atoms with Crippen molar-refractivity contribution in [3.8, 4) is 5.75 Å². The lowest BCUT2D eigenvalue weighted by atomic mass is 10.2. The van der Waals surface area contributed by atoms with Gasteiger partial charge in [0.25, 0.3) is 0 Å². The van der Waals surface area contributed by atoms with E-state index in [2.05, 4.69) is 33.1 Å². The number of para-hydroxylation sites is 1. The number of ether oxygens (including phenoxy) is 1. The minimum Gasteiger partial charge on any atom is -0.488 e. The Morgan fingerprint density at radius 1 is 1.11 bits per heavy atom. The first kappa shape index (κ1) is 18.7. The van der Waals surface area contributed by atoms with E-state index in [0.29, 0.717) is 11.7 Å². The summed E-state index contributed by atoms with van der Waals surface area (Å²) in [5.74, 6) is 0.897. The van der Waals surface area contributed by atoms with Gasteiger partial charge in [-0.2, -0.15) is 0 Å². The van der Waals surface area contributed by atoms with Crippen molar-refractivity contribution in [1.82, 2.24) is 14.9 Å². The van der Waals surface area contributed by atoms with Crippen LogP contribution in [0.3, 0.4) is 0 Å². The van der Waals surface area contributed by atoms with Gasteiger partial charge in [-0.1, -0.05) is 30.4 Å². The van der Waals surface area contributed by atoms with Gasteiger partial charge in [0.05, 0.1) is 5.69 Å². The second-order valence-corrected chi connectivity index (χ2v) is 7.92. The van der Waals surface area contributed by atoms with Crippen LogP contribution in [-0.2, 0) is 19.4 Å². The van der Waals surface area contributed by atoms with Crippen molar-refractivity contribution in [3.05, 3.63) is 76.6 Å². The Morgan fingerprint density at radius 3 is 2.82 bits per heavy atom. The Morgan fingerprint density at radius 2 is 1.93 bits per heavy atom. The molecule has 28 heavy (non-hydrogen) atoms. The van der Waals surface area contributed by atoms with Crippen molar-refractivity contribution in [1.29, 1.82) is 0 Å². The first-order chi connectivity index (χ1) is 13.8. The molecule has 0 saturated carbocycles. The minimum absolute atomic E-state index is 0.540. The summed E-state index contributed by atoms with van der Waals surface area (Å²) < 4.78 is 6.02. The van der Waals surface area contributed by atoms with Gasteiger partial charge in [-0.3, -0.25) is 9.88 Å².